The van der Waals surface area contributed by atoms with E-state index in [1.807, 2.05) is 12.1 Å². The minimum atomic E-state index is 0.0808. The molecule has 2 atom stereocenters. The summed E-state index contributed by atoms with van der Waals surface area (Å²) in [7, 11) is 0. The van der Waals surface area contributed by atoms with Crippen LogP contribution < -0.4 is 5.73 Å². The molecule has 15 heavy (non-hydrogen) atoms. The van der Waals surface area contributed by atoms with Gasteiger partial charge in [-0.25, -0.2) is 4.98 Å². The lowest BCUT2D eigenvalue weighted by Crippen LogP contribution is -2.33. The van der Waals surface area contributed by atoms with Crippen LogP contribution in [0.5, 0.6) is 0 Å². The van der Waals surface area contributed by atoms with Crippen molar-refractivity contribution in [2.24, 2.45) is 17.1 Å². The number of aromatic nitrogens is 1. The number of nitrogens with zero attached hydrogens (tertiary/aromatic N) is 1. The molecule has 0 aromatic carbocycles. The number of hydrogen-bond acceptors (Lipinski definition) is 2. The summed E-state index contributed by atoms with van der Waals surface area (Å²) in [6, 6.07) is 3.92. The average molecular weight is 225 g/mol. The van der Waals surface area contributed by atoms with Crippen molar-refractivity contribution in [1.82, 2.24) is 4.98 Å². The highest BCUT2D eigenvalue weighted by atomic mass is 35.5. The first kappa shape index (κ1) is 10.9. The van der Waals surface area contributed by atoms with Gasteiger partial charge < -0.3 is 5.73 Å². The number of hydrogen-bond donors (Lipinski definition) is 1. The number of halogens is 1. The minimum absolute atomic E-state index is 0.0808. The second-order valence-corrected chi connectivity index (χ2v) is 5.37. The fourth-order valence-corrected chi connectivity index (χ4v) is 2.46. The van der Waals surface area contributed by atoms with Gasteiger partial charge in [0, 0.05) is 11.7 Å². The van der Waals surface area contributed by atoms with Crippen molar-refractivity contribution >= 4 is 11.6 Å². The maximum atomic E-state index is 6.29. The van der Waals surface area contributed by atoms with Crippen molar-refractivity contribution in [3.05, 3.63) is 28.5 Å². The Morgan fingerprint density at radius 3 is 2.80 bits per heavy atom. The topological polar surface area (TPSA) is 38.9 Å². The molecule has 2 nitrogen and oxygen atoms in total. The molecule has 0 fully saturated rings. The maximum absolute atomic E-state index is 6.29. The fourth-order valence-electron chi connectivity index (χ4n) is 2.30. The number of pyridine rings is 1. The Labute approximate surface area is 95.8 Å². The molecule has 3 heteroatoms. The molecule has 2 N–H and O–H groups in total. The molecule has 0 aliphatic heterocycles. The molecule has 1 unspecified atom stereocenters. The lowest BCUT2D eigenvalue weighted by Gasteiger charge is -2.33. The summed E-state index contributed by atoms with van der Waals surface area (Å²) in [6.45, 7) is 6.67. The summed E-state index contributed by atoms with van der Waals surface area (Å²) in [4.78, 5) is 4.37. The highest BCUT2D eigenvalue weighted by Crippen LogP contribution is 2.48. The van der Waals surface area contributed by atoms with Gasteiger partial charge in [0.2, 0.25) is 0 Å². The molecule has 0 spiro atoms. The summed E-state index contributed by atoms with van der Waals surface area (Å²) in [6.07, 6.45) is 0.932. The predicted octanol–water partition coefficient (Wildman–Crippen LogP) is 2.95. The van der Waals surface area contributed by atoms with Crippen molar-refractivity contribution in [3.8, 4) is 0 Å². The summed E-state index contributed by atoms with van der Waals surface area (Å²) in [5.41, 5.74) is 8.64. The molecule has 1 aliphatic carbocycles. The number of nitrogens with two attached hydrogens (primary N) is 1. The van der Waals surface area contributed by atoms with Crippen LogP contribution in [0.1, 0.15) is 38.1 Å². The van der Waals surface area contributed by atoms with E-state index in [-0.39, 0.29) is 11.5 Å². The Bertz CT molecular complexity index is 389. The first-order chi connectivity index (χ1) is 6.95. The van der Waals surface area contributed by atoms with Crippen LogP contribution in [0.25, 0.3) is 0 Å². The molecule has 1 aromatic rings. The van der Waals surface area contributed by atoms with Gasteiger partial charge >= 0.3 is 0 Å². The van der Waals surface area contributed by atoms with E-state index in [0.717, 1.165) is 17.7 Å². The first-order valence-corrected chi connectivity index (χ1v) is 5.74. The second-order valence-electron chi connectivity index (χ2n) is 4.98. The lowest BCUT2D eigenvalue weighted by atomic mass is 9.74. The van der Waals surface area contributed by atoms with Gasteiger partial charge in [0.05, 0.1) is 0 Å². The zero-order valence-corrected chi connectivity index (χ0v) is 10.2. The zero-order chi connectivity index (χ0) is 11.2. The molecule has 1 heterocycles. The van der Waals surface area contributed by atoms with Gasteiger partial charge in [-0.3, -0.25) is 0 Å². The largest absolute Gasteiger partial charge is 0.323 e. The van der Waals surface area contributed by atoms with Crippen LogP contribution in [0.4, 0.5) is 0 Å². The minimum Gasteiger partial charge on any atom is -0.323 e. The van der Waals surface area contributed by atoms with Crippen LogP contribution in [-0.2, 0) is 6.42 Å². The predicted molar refractivity (Wildman–Crippen MR) is 62.8 cm³/mol. The van der Waals surface area contributed by atoms with Crippen LogP contribution in [0.15, 0.2) is 12.1 Å². The molecular weight excluding hydrogens is 208 g/mol. The van der Waals surface area contributed by atoms with E-state index < -0.39 is 0 Å². The quantitative estimate of drug-likeness (QED) is 0.745. The molecule has 1 aliphatic rings. The molecule has 82 valence electrons. The highest BCUT2D eigenvalue weighted by Gasteiger charge is 2.43. The summed E-state index contributed by atoms with van der Waals surface area (Å²) >= 11 is 5.89. The van der Waals surface area contributed by atoms with Gasteiger partial charge in [0.15, 0.2) is 0 Å². The molecule has 2 rings (SSSR count). The standard InChI is InChI=1S/C12H17ClN2/c1-7(2)12(3)6-9-8(11(12)14)4-5-10(13)15-9/h4-5,7,11H,6,14H2,1-3H3/t11-,12?/m1/s1. The molecule has 0 saturated heterocycles. The van der Waals surface area contributed by atoms with Crippen molar-refractivity contribution in [2.45, 2.75) is 33.2 Å². The second kappa shape index (κ2) is 3.46. The van der Waals surface area contributed by atoms with Gasteiger partial charge in [-0.1, -0.05) is 38.4 Å². The van der Waals surface area contributed by atoms with E-state index in [2.05, 4.69) is 25.8 Å². The van der Waals surface area contributed by atoms with Crippen molar-refractivity contribution < 1.29 is 0 Å². The lowest BCUT2D eigenvalue weighted by molar-refractivity contribution is 0.187. The zero-order valence-electron chi connectivity index (χ0n) is 9.42. The third-order valence-electron chi connectivity index (χ3n) is 3.89. The smallest absolute Gasteiger partial charge is 0.129 e. The molecular formula is C12H17ClN2. The van der Waals surface area contributed by atoms with Gasteiger partial charge in [0.25, 0.3) is 0 Å². The Hall–Kier alpha value is -0.600. The normalized spacial score (nSPS) is 29.6. The van der Waals surface area contributed by atoms with Crippen LogP contribution in [0.2, 0.25) is 5.15 Å². The van der Waals surface area contributed by atoms with E-state index in [0.29, 0.717) is 11.1 Å². The van der Waals surface area contributed by atoms with Crippen LogP contribution in [0, 0.1) is 11.3 Å². The Morgan fingerprint density at radius 2 is 2.20 bits per heavy atom. The van der Waals surface area contributed by atoms with Gasteiger partial charge in [-0.15, -0.1) is 0 Å². The van der Waals surface area contributed by atoms with E-state index >= 15 is 0 Å². The van der Waals surface area contributed by atoms with Crippen molar-refractivity contribution in [1.29, 1.82) is 0 Å². The number of fused-ring (bicyclic) bond motifs is 1. The van der Waals surface area contributed by atoms with E-state index in [4.69, 9.17) is 17.3 Å². The molecule has 1 aromatic heterocycles. The third kappa shape index (κ3) is 1.56. The summed E-state index contributed by atoms with van der Waals surface area (Å²) < 4.78 is 0. The van der Waals surface area contributed by atoms with Crippen LogP contribution in [-0.4, -0.2) is 4.98 Å². The molecule has 0 radical (unpaired) electrons. The molecule has 0 saturated carbocycles. The first-order valence-electron chi connectivity index (χ1n) is 5.36. The maximum Gasteiger partial charge on any atom is 0.129 e. The van der Waals surface area contributed by atoms with Crippen LogP contribution >= 0.6 is 11.6 Å². The van der Waals surface area contributed by atoms with E-state index in [1.165, 1.54) is 0 Å². The third-order valence-corrected chi connectivity index (χ3v) is 4.10. The van der Waals surface area contributed by atoms with E-state index in [9.17, 15) is 0 Å². The van der Waals surface area contributed by atoms with Gasteiger partial charge in [0.1, 0.15) is 5.15 Å². The Morgan fingerprint density at radius 1 is 1.53 bits per heavy atom. The van der Waals surface area contributed by atoms with E-state index in [1.54, 1.807) is 0 Å². The SMILES string of the molecule is CC(C)C1(C)Cc2nc(Cl)ccc2[C@H]1N. The Balaban J connectivity index is 2.45. The fraction of sp³-hybridized carbons (Fsp3) is 0.583. The summed E-state index contributed by atoms with van der Waals surface area (Å²) in [5.74, 6) is 0.542. The average Bonchev–Trinajstić information content (AvgIpc) is 2.40. The van der Waals surface area contributed by atoms with Crippen molar-refractivity contribution in [2.75, 3.05) is 0 Å². The molecule has 0 amide bonds. The highest BCUT2D eigenvalue weighted by molar-refractivity contribution is 6.29. The van der Waals surface area contributed by atoms with Crippen molar-refractivity contribution in [3.63, 3.8) is 0 Å². The molecule has 0 bridgehead atoms. The Kier molecular flexibility index (Phi) is 2.52. The van der Waals surface area contributed by atoms with Crippen LogP contribution in [0.3, 0.4) is 0 Å². The number of rotatable bonds is 1. The van der Waals surface area contributed by atoms with Gasteiger partial charge in [-0.2, -0.15) is 0 Å². The van der Waals surface area contributed by atoms with Gasteiger partial charge in [-0.05, 0) is 29.4 Å². The summed E-state index contributed by atoms with van der Waals surface area (Å²) in [5, 5.41) is 0.564. The monoisotopic (exact) mass is 224 g/mol.